The van der Waals surface area contributed by atoms with E-state index in [-0.39, 0.29) is 40.8 Å². The summed E-state index contributed by atoms with van der Waals surface area (Å²) in [5.41, 5.74) is 2.47. The summed E-state index contributed by atoms with van der Waals surface area (Å²) in [7, 11) is 1.36. The van der Waals surface area contributed by atoms with Gasteiger partial charge >= 0.3 is 12.1 Å². The highest BCUT2D eigenvalue weighted by molar-refractivity contribution is 6.18. The van der Waals surface area contributed by atoms with Gasteiger partial charge in [0.15, 0.2) is 6.61 Å². The molecule has 0 unspecified atom stereocenters. The van der Waals surface area contributed by atoms with Gasteiger partial charge in [0.1, 0.15) is 22.9 Å². The van der Waals surface area contributed by atoms with Crippen LogP contribution >= 0.6 is 0 Å². The zero-order chi connectivity index (χ0) is 28.4. The average Bonchev–Trinajstić information content (AvgIpc) is 3.08. The molecule has 0 saturated heterocycles. The number of aromatic nitrogens is 2. The van der Waals surface area contributed by atoms with Crippen LogP contribution < -0.4 is 14.8 Å². The number of anilines is 2. The summed E-state index contributed by atoms with van der Waals surface area (Å²) < 4.78 is 63.9. The molecule has 0 bridgehead atoms. The Labute approximate surface area is 225 Å². The number of rotatable bonds is 7. The maximum absolute atomic E-state index is 15.1. The first-order valence-electron chi connectivity index (χ1n) is 11.8. The second-order valence-corrected chi connectivity index (χ2v) is 8.64. The molecule has 0 saturated carbocycles. The number of fused-ring (bicyclic) bond motifs is 3. The number of aromatic carboxylic acids is 1. The van der Waals surface area contributed by atoms with Crippen molar-refractivity contribution in [2.24, 2.45) is 4.99 Å². The molecule has 12 heteroatoms. The maximum Gasteiger partial charge on any atom is 0.422 e. The summed E-state index contributed by atoms with van der Waals surface area (Å²) in [6.45, 7) is -1.56. The van der Waals surface area contributed by atoms with Crippen molar-refractivity contribution in [1.29, 1.82) is 0 Å². The molecule has 0 aliphatic carbocycles. The van der Waals surface area contributed by atoms with E-state index in [1.54, 1.807) is 30.5 Å². The third kappa shape index (κ3) is 5.41. The van der Waals surface area contributed by atoms with E-state index in [9.17, 15) is 23.1 Å². The molecule has 0 fully saturated rings. The minimum Gasteiger partial charge on any atom is -0.496 e. The van der Waals surface area contributed by atoms with E-state index >= 15 is 4.39 Å². The molecule has 0 amide bonds. The normalized spacial score (nSPS) is 12.5. The number of carboxylic acids is 1. The van der Waals surface area contributed by atoms with E-state index in [0.29, 0.717) is 28.1 Å². The van der Waals surface area contributed by atoms with Crippen LogP contribution in [0.2, 0.25) is 0 Å². The maximum atomic E-state index is 15.1. The monoisotopic (exact) mass is 552 g/mol. The number of benzene rings is 3. The van der Waals surface area contributed by atoms with Gasteiger partial charge in [-0.05, 0) is 24.3 Å². The Bertz CT molecular complexity index is 1640. The number of carbonyl (C=O) groups is 1. The average molecular weight is 552 g/mol. The van der Waals surface area contributed by atoms with Crippen molar-refractivity contribution in [1.82, 2.24) is 9.97 Å². The summed E-state index contributed by atoms with van der Waals surface area (Å²) >= 11 is 0. The summed E-state index contributed by atoms with van der Waals surface area (Å²) in [5, 5.41) is 12.3. The zero-order valence-corrected chi connectivity index (χ0v) is 20.8. The summed E-state index contributed by atoms with van der Waals surface area (Å²) in [4.78, 5) is 24.9. The summed E-state index contributed by atoms with van der Waals surface area (Å²) in [5.74, 6) is -1.89. The van der Waals surface area contributed by atoms with Crippen LogP contribution in [0.25, 0.3) is 11.3 Å². The van der Waals surface area contributed by atoms with Crippen molar-refractivity contribution in [3.05, 3.63) is 94.9 Å². The number of aliphatic imine (C=N–C) groups is 1. The van der Waals surface area contributed by atoms with E-state index < -0.39 is 24.6 Å². The van der Waals surface area contributed by atoms with Gasteiger partial charge in [0.05, 0.1) is 30.6 Å². The molecule has 204 valence electrons. The van der Waals surface area contributed by atoms with Crippen LogP contribution in [0.15, 0.2) is 71.9 Å². The highest BCUT2D eigenvalue weighted by Crippen LogP contribution is 2.35. The lowest BCUT2D eigenvalue weighted by molar-refractivity contribution is -0.153. The molecule has 3 aromatic carbocycles. The van der Waals surface area contributed by atoms with E-state index in [0.717, 1.165) is 6.07 Å². The molecule has 0 spiro atoms. The Morgan fingerprint density at radius 2 is 1.82 bits per heavy atom. The Morgan fingerprint density at radius 1 is 1.05 bits per heavy atom. The molecule has 1 aliphatic heterocycles. The number of nitrogens with one attached hydrogen (secondary N) is 1. The molecule has 5 rings (SSSR count). The second kappa shape index (κ2) is 10.6. The topological polar surface area (TPSA) is 106 Å². The second-order valence-electron chi connectivity index (χ2n) is 8.64. The molecule has 40 heavy (non-hydrogen) atoms. The van der Waals surface area contributed by atoms with Crippen molar-refractivity contribution in [3.63, 3.8) is 0 Å². The van der Waals surface area contributed by atoms with Gasteiger partial charge in [-0.25, -0.2) is 19.2 Å². The third-order valence-electron chi connectivity index (χ3n) is 6.00. The van der Waals surface area contributed by atoms with Crippen molar-refractivity contribution in [3.8, 4) is 22.8 Å². The summed E-state index contributed by atoms with van der Waals surface area (Å²) in [6, 6.07) is 14.9. The number of methoxy groups -OCH3 is 1. The zero-order valence-electron chi connectivity index (χ0n) is 20.8. The standard InChI is InChI=1S/C28H20F4N4O4/c1-39-22-11-16(9-10-19(22)26(37)38)35-27-34-13-15-12-33-25(18-6-3-2-5-17(18)24(15)36-27)23-20(29)7-4-8-21(23)40-14-28(30,31)32/h2-11,13H,12,14H2,1H3,(H,37,38)(H,34,35,36). The predicted molar refractivity (Wildman–Crippen MR) is 138 cm³/mol. The van der Waals surface area contributed by atoms with Crippen LogP contribution in [-0.2, 0) is 6.54 Å². The van der Waals surface area contributed by atoms with Gasteiger partial charge in [-0.1, -0.05) is 30.3 Å². The third-order valence-corrected chi connectivity index (χ3v) is 6.00. The molecular weight excluding hydrogens is 532 g/mol. The molecule has 4 aromatic rings. The molecule has 0 atom stereocenters. The lowest BCUT2D eigenvalue weighted by Crippen LogP contribution is -2.21. The predicted octanol–water partition coefficient (Wildman–Crippen LogP) is 6.03. The van der Waals surface area contributed by atoms with Gasteiger partial charge < -0.3 is 19.9 Å². The number of ether oxygens (including phenoxy) is 2. The van der Waals surface area contributed by atoms with Crippen LogP contribution in [-0.4, -0.2) is 46.6 Å². The number of alkyl halides is 3. The molecular formula is C28H20F4N4O4. The van der Waals surface area contributed by atoms with Gasteiger partial charge in [0.2, 0.25) is 5.95 Å². The number of nitrogens with zero attached hydrogens (tertiary/aromatic N) is 3. The Morgan fingerprint density at radius 3 is 2.55 bits per heavy atom. The Kier molecular flexibility index (Phi) is 7.07. The molecule has 2 heterocycles. The van der Waals surface area contributed by atoms with E-state index in [1.165, 1.54) is 37.4 Å². The lowest BCUT2D eigenvalue weighted by Gasteiger charge is -2.16. The summed E-state index contributed by atoms with van der Waals surface area (Å²) in [6.07, 6.45) is -3.07. The first kappa shape index (κ1) is 26.6. The van der Waals surface area contributed by atoms with Crippen molar-refractivity contribution in [2.45, 2.75) is 12.7 Å². The van der Waals surface area contributed by atoms with Gasteiger partial charge in [-0.15, -0.1) is 0 Å². The van der Waals surface area contributed by atoms with Crippen LogP contribution in [0.5, 0.6) is 11.5 Å². The molecule has 8 nitrogen and oxygen atoms in total. The minimum absolute atomic E-state index is 0.0128. The van der Waals surface area contributed by atoms with Gasteiger partial charge in [0.25, 0.3) is 0 Å². The Hall–Kier alpha value is -5.00. The molecule has 2 N–H and O–H groups in total. The number of carboxylic acid groups (broad SMARTS) is 1. The fraction of sp³-hybridized carbons (Fsp3) is 0.143. The van der Waals surface area contributed by atoms with Crippen LogP contribution in [0.4, 0.5) is 29.2 Å². The van der Waals surface area contributed by atoms with Gasteiger partial charge in [-0.3, -0.25) is 4.99 Å². The minimum atomic E-state index is -4.61. The smallest absolute Gasteiger partial charge is 0.422 e. The largest absolute Gasteiger partial charge is 0.496 e. The SMILES string of the molecule is COc1cc(Nc2ncc3c(n2)-c2ccccc2C(c2c(F)cccc2OCC(F)(F)F)=NC3)ccc1C(=O)O. The van der Waals surface area contributed by atoms with E-state index in [1.807, 2.05) is 0 Å². The first-order valence-corrected chi connectivity index (χ1v) is 11.8. The highest BCUT2D eigenvalue weighted by atomic mass is 19.4. The van der Waals surface area contributed by atoms with Crippen molar-refractivity contribution in [2.75, 3.05) is 19.0 Å². The van der Waals surface area contributed by atoms with E-state index in [4.69, 9.17) is 9.47 Å². The molecule has 1 aliphatic rings. The van der Waals surface area contributed by atoms with Gasteiger partial charge in [0, 0.05) is 34.6 Å². The van der Waals surface area contributed by atoms with E-state index in [2.05, 4.69) is 20.3 Å². The molecule has 1 aromatic heterocycles. The van der Waals surface area contributed by atoms with Crippen LogP contribution in [0, 0.1) is 5.82 Å². The number of halogens is 4. The lowest BCUT2D eigenvalue weighted by atomic mass is 9.94. The van der Waals surface area contributed by atoms with Crippen molar-refractivity contribution >= 4 is 23.3 Å². The fourth-order valence-corrected chi connectivity index (χ4v) is 4.26. The number of hydrogen-bond donors (Lipinski definition) is 2. The Balaban J connectivity index is 1.54. The van der Waals surface area contributed by atoms with Crippen molar-refractivity contribution < 1.29 is 36.9 Å². The highest BCUT2D eigenvalue weighted by Gasteiger charge is 2.30. The first-order chi connectivity index (χ1) is 19.1. The quantitative estimate of drug-likeness (QED) is 0.270. The number of hydrogen-bond acceptors (Lipinski definition) is 7. The molecule has 0 radical (unpaired) electrons. The fourth-order valence-electron chi connectivity index (χ4n) is 4.26. The van der Waals surface area contributed by atoms with Crippen LogP contribution in [0.1, 0.15) is 27.0 Å². The van der Waals surface area contributed by atoms with Crippen LogP contribution in [0.3, 0.4) is 0 Å². The van der Waals surface area contributed by atoms with Gasteiger partial charge in [-0.2, -0.15) is 13.2 Å².